The van der Waals surface area contributed by atoms with Crippen LogP contribution in [0.3, 0.4) is 0 Å². The minimum absolute atomic E-state index is 0.0534. The topological polar surface area (TPSA) is 111 Å². The van der Waals surface area contributed by atoms with E-state index in [0.29, 0.717) is 11.8 Å². The number of ether oxygens (including phenoxy) is 1. The Kier molecular flexibility index (Phi) is 5.11. The van der Waals surface area contributed by atoms with E-state index in [2.05, 4.69) is 10.6 Å². The summed E-state index contributed by atoms with van der Waals surface area (Å²) in [4.78, 5) is 34.7. The molecular weight excluding hydrogens is 338 g/mol. The van der Waals surface area contributed by atoms with Crippen molar-refractivity contribution in [3.05, 3.63) is 28.3 Å². The van der Waals surface area contributed by atoms with E-state index in [-0.39, 0.29) is 23.2 Å². The zero-order valence-electron chi connectivity index (χ0n) is 14.9. The standard InChI is InChI=1S/C18H23N3O5/c1-10(14-8-11-3-4-12(14)7-11)19-17(22)18(23)20-15-6-5-13(21(24)25)9-16(15)26-2/h5-6,9-12,14H,3-4,7-8H2,1-2H3,(H,19,22)(H,20,23). The second-order valence-corrected chi connectivity index (χ2v) is 7.20. The Morgan fingerprint density at radius 1 is 1.27 bits per heavy atom. The third-order valence-corrected chi connectivity index (χ3v) is 5.64. The van der Waals surface area contributed by atoms with Crippen LogP contribution in [-0.4, -0.2) is 29.9 Å². The van der Waals surface area contributed by atoms with Crippen LogP contribution in [0.15, 0.2) is 18.2 Å². The number of hydrogen-bond acceptors (Lipinski definition) is 5. The van der Waals surface area contributed by atoms with Gasteiger partial charge in [0.2, 0.25) is 0 Å². The minimum Gasteiger partial charge on any atom is -0.494 e. The Labute approximate surface area is 151 Å². The van der Waals surface area contributed by atoms with E-state index in [1.54, 1.807) is 0 Å². The Balaban J connectivity index is 1.60. The van der Waals surface area contributed by atoms with E-state index >= 15 is 0 Å². The van der Waals surface area contributed by atoms with Crippen LogP contribution in [0.25, 0.3) is 0 Å². The lowest BCUT2D eigenvalue weighted by Gasteiger charge is -2.28. The van der Waals surface area contributed by atoms with Gasteiger partial charge in [-0.1, -0.05) is 6.42 Å². The summed E-state index contributed by atoms with van der Waals surface area (Å²) in [6.07, 6.45) is 4.84. The fourth-order valence-electron chi connectivity index (χ4n) is 4.36. The number of non-ortho nitro benzene ring substituents is 1. The fourth-order valence-corrected chi connectivity index (χ4v) is 4.36. The SMILES string of the molecule is COc1cc([N+](=O)[O-])ccc1NC(=O)C(=O)NC(C)C1CC2CCC1C2. The van der Waals surface area contributed by atoms with Gasteiger partial charge in [0.15, 0.2) is 0 Å². The lowest BCUT2D eigenvalue weighted by Crippen LogP contribution is -2.45. The highest BCUT2D eigenvalue weighted by Gasteiger charge is 2.42. The van der Waals surface area contributed by atoms with Gasteiger partial charge in [-0.2, -0.15) is 0 Å². The van der Waals surface area contributed by atoms with Crippen LogP contribution >= 0.6 is 0 Å². The zero-order chi connectivity index (χ0) is 18.8. The molecule has 0 saturated heterocycles. The first-order valence-corrected chi connectivity index (χ1v) is 8.83. The van der Waals surface area contributed by atoms with Gasteiger partial charge in [0.1, 0.15) is 5.75 Å². The largest absolute Gasteiger partial charge is 0.494 e. The summed E-state index contributed by atoms with van der Waals surface area (Å²) in [5, 5.41) is 16.1. The van der Waals surface area contributed by atoms with Crippen molar-refractivity contribution in [1.82, 2.24) is 5.32 Å². The van der Waals surface area contributed by atoms with Crippen molar-refractivity contribution in [2.45, 2.75) is 38.6 Å². The number of nitro benzene ring substituents is 1. The number of carbonyl (C=O) groups is 2. The number of nitrogens with one attached hydrogen (secondary N) is 2. The molecule has 2 fully saturated rings. The highest BCUT2D eigenvalue weighted by atomic mass is 16.6. The molecule has 2 amide bonds. The molecule has 4 atom stereocenters. The van der Waals surface area contributed by atoms with Crippen molar-refractivity contribution < 1.29 is 19.2 Å². The minimum atomic E-state index is -0.813. The number of rotatable bonds is 5. The molecule has 0 aliphatic heterocycles. The molecule has 2 aliphatic carbocycles. The van der Waals surface area contributed by atoms with Gasteiger partial charge in [-0.15, -0.1) is 0 Å². The number of anilines is 1. The second-order valence-electron chi connectivity index (χ2n) is 7.20. The fraction of sp³-hybridized carbons (Fsp3) is 0.556. The van der Waals surface area contributed by atoms with Crippen molar-refractivity contribution in [1.29, 1.82) is 0 Å². The number of nitrogens with zero attached hydrogens (tertiary/aromatic N) is 1. The summed E-state index contributed by atoms with van der Waals surface area (Å²) in [7, 11) is 1.34. The van der Waals surface area contributed by atoms with Crippen LogP contribution in [-0.2, 0) is 9.59 Å². The lowest BCUT2D eigenvalue weighted by atomic mass is 9.84. The van der Waals surface area contributed by atoms with Gasteiger partial charge in [0, 0.05) is 12.1 Å². The number of methoxy groups -OCH3 is 1. The molecule has 2 bridgehead atoms. The number of amides is 2. The van der Waals surface area contributed by atoms with Gasteiger partial charge in [0.25, 0.3) is 5.69 Å². The summed E-state index contributed by atoms with van der Waals surface area (Å²) in [5.74, 6) is 0.449. The quantitative estimate of drug-likeness (QED) is 0.475. The molecule has 3 rings (SSSR count). The van der Waals surface area contributed by atoms with Gasteiger partial charge >= 0.3 is 11.8 Å². The molecule has 4 unspecified atom stereocenters. The van der Waals surface area contributed by atoms with Crippen molar-refractivity contribution in [2.75, 3.05) is 12.4 Å². The molecule has 140 valence electrons. The smallest absolute Gasteiger partial charge is 0.313 e. The van der Waals surface area contributed by atoms with E-state index in [4.69, 9.17) is 4.74 Å². The van der Waals surface area contributed by atoms with Gasteiger partial charge in [-0.3, -0.25) is 19.7 Å². The first-order chi connectivity index (χ1) is 12.4. The second kappa shape index (κ2) is 7.31. The predicted octanol–water partition coefficient (Wildman–Crippen LogP) is 2.48. The van der Waals surface area contributed by atoms with E-state index in [9.17, 15) is 19.7 Å². The molecule has 0 heterocycles. The molecule has 2 aliphatic rings. The summed E-state index contributed by atoms with van der Waals surface area (Å²) in [5.41, 5.74) is 0.0556. The molecule has 0 radical (unpaired) electrons. The normalized spacial score (nSPS) is 24.8. The van der Waals surface area contributed by atoms with Gasteiger partial charge in [-0.25, -0.2) is 0 Å². The van der Waals surface area contributed by atoms with Crippen LogP contribution in [0.4, 0.5) is 11.4 Å². The Morgan fingerprint density at radius 3 is 2.62 bits per heavy atom. The first kappa shape index (κ1) is 18.2. The summed E-state index contributed by atoms with van der Waals surface area (Å²) in [6.45, 7) is 1.95. The van der Waals surface area contributed by atoms with Gasteiger partial charge < -0.3 is 15.4 Å². The number of benzene rings is 1. The molecule has 2 saturated carbocycles. The number of fused-ring (bicyclic) bond motifs is 2. The Hall–Kier alpha value is -2.64. The van der Waals surface area contributed by atoms with E-state index in [0.717, 1.165) is 12.3 Å². The van der Waals surface area contributed by atoms with E-state index in [1.165, 1.54) is 44.6 Å². The molecule has 8 nitrogen and oxygen atoms in total. The molecule has 0 spiro atoms. The average Bonchev–Trinajstić information content (AvgIpc) is 3.25. The van der Waals surface area contributed by atoms with Crippen LogP contribution in [0.2, 0.25) is 0 Å². The van der Waals surface area contributed by atoms with Gasteiger partial charge in [0.05, 0.1) is 23.8 Å². The Morgan fingerprint density at radius 2 is 2.04 bits per heavy atom. The maximum atomic E-state index is 12.2. The van der Waals surface area contributed by atoms with Crippen LogP contribution in [0.5, 0.6) is 5.75 Å². The van der Waals surface area contributed by atoms with Crippen LogP contribution in [0.1, 0.15) is 32.6 Å². The maximum absolute atomic E-state index is 12.2. The molecule has 1 aromatic rings. The summed E-state index contributed by atoms with van der Waals surface area (Å²) >= 11 is 0. The van der Waals surface area contributed by atoms with Crippen molar-refractivity contribution in [3.8, 4) is 5.75 Å². The molecule has 26 heavy (non-hydrogen) atoms. The molecule has 2 N–H and O–H groups in total. The van der Waals surface area contributed by atoms with E-state index in [1.807, 2.05) is 6.92 Å². The number of carbonyl (C=O) groups excluding carboxylic acids is 2. The Bertz CT molecular complexity index is 736. The predicted molar refractivity (Wildman–Crippen MR) is 94.8 cm³/mol. The summed E-state index contributed by atoms with van der Waals surface area (Å²) in [6, 6.07) is 3.74. The molecule has 1 aromatic carbocycles. The van der Waals surface area contributed by atoms with Crippen molar-refractivity contribution in [3.63, 3.8) is 0 Å². The molecule has 8 heteroatoms. The average molecular weight is 361 g/mol. The zero-order valence-corrected chi connectivity index (χ0v) is 14.9. The first-order valence-electron chi connectivity index (χ1n) is 8.83. The van der Waals surface area contributed by atoms with Crippen LogP contribution < -0.4 is 15.4 Å². The lowest BCUT2D eigenvalue weighted by molar-refractivity contribution is -0.384. The monoisotopic (exact) mass is 361 g/mol. The highest BCUT2D eigenvalue weighted by molar-refractivity contribution is 6.39. The third-order valence-electron chi connectivity index (χ3n) is 5.64. The molecular formula is C18H23N3O5. The maximum Gasteiger partial charge on any atom is 0.313 e. The molecule has 0 aromatic heterocycles. The van der Waals surface area contributed by atoms with Crippen molar-refractivity contribution in [2.24, 2.45) is 17.8 Å². The highest BCUT2D eigenvalue weighted by Crippen LogP contribution is 2.49. The van der Waals surface area contributed by atoms with E-state index < -0.39 is 16.7 Å². The third kappa shape index (κ3) is 3.63. The summed E-state index contributed by atoms with van der Waals surface area (Å²) < 4.78 is 5.06. The van der Waals surface area contributed by atoms with Gasteiger partial charge in [-0.05, 0) is 50.0 Å². The van der Waals surface area contributed by atoms with Crippen molar-refractivity contribution >= 4 is 23.2 Å². The van der Waals surface area contributed by atoms with Crippen LogP contribution in [0, 0.1) is 27.9 Å². The number of nitro groups is 1. The number of hydrogen-bond donors (Lipinski definition) is 2.